The SMILES string of the molecule is Cc1cc(C(=O)N2CCC(C)CC2)ccc1NC(=O)c1c(C)coc1CC(=O)O. The number of carboxylic acid groups (broad SMARTS) is 1. The lowest BCUT2D eigenvalue weighted by Crippen LogP contribution is -2.37. The van der Waals surface area contributed by atoms with E-state index in [0.717, 1.165) is 31.5 Å². The van der Waals surface area contributed by atoms with Crippen LogP contribution in [0.5, 0.6) is 0 Å². The number of amides is 2. The van der Waals surface area contributed by atoms with E-state index < -0.39 is 11.9 Å². The topological polar surface area (TPSA) is 99.9 Å². The molecule has 29 heavy (non-hydrogen) atoms. The molecule has 1 aliphatic heterocycles. The molecule has 0 saturated carbocycles. The van der Waals surface area contributed by atoms with Gasteiger partial charge < -0.3 is 19.7 Å². The molecule has 0 spiro atoms. The molecule has 0 unspecified atom stereocenters. The quantitative estimate of drug-likeness (QED) is 0.801. The van der Waals surface area contributed by atoms with Gasteiger partial charge in [-0.1, -0.05) is 6.92 Å². The van der Waals surface area contributed by atoms with E-state index in [-0.39, 0.29) is 23.7 Å². The summed E-state index contributed by atoms with van der Waals surface area (Å²) in [7, 11) is 0. The van der Waals surface area contributed by atoms with Crippen LogP contribution in [-0.4, -0.2) is 40.9 Å². The Balaban J connectivity index is 1.74. The van der Waals surface area contributed by atoms with Crippen LogP contribution in [0.25, 0.3) is 0 Å². The van der Waals surface area contributed by atoms with Gasteiger partial charge in [-0.25, -0.2) is 0 Å². The van der Waals surface area contributed by atoms with E-state index in [1.54, 1.807) is 25.1 Å². The Kier molecular flexibility index (Phi) is 6.06. The molecule has 1 aromatic heterocycles. The van der Waals surface area contributed by atoms with Crippen LogP contribution in [0, 0.1) is 19.8 Å². The first-order valence-corrected chi connectivity index (χ1v) is 9.76. The van der Waals surface area contributed by atoms with Gasteiger partial charge in [-0.3, -0.25) is 14.4 Å². The summed E-state index contributed by atoms with van der Waals surface area (Å²) in [6.45, 7) is 7.25. The Morgan fingerprint density at radius 2 is 1.86 bits per heavy atom. The van der Waals surface area contributed by atoms with Crippen molar-refractivity contribution >= 4 is 23.5 Å². The zero-order chi connectivity index (χ0) is 21.1. The summed E-state index contributed by atoms with van der Waals surface area (Å²) in [5.41, 5.74) is 2.73. The first kappa shape index (κ1) is 20.6. The molecule has 3 rings (SSSR count). The van der Waals surface area contributed by atoms with Crippen LogP contribution in [0.3, 0.4) is 0 Å². The van der Waals surface area contributed by atoms with E-state index in [2.05, 4.69) is 12.2 Å². The summed E-state index contributed by atoms with van der Waals surface area (Å²) in [6.07, 6.45) is 3.04. The summed E-state index contributed by atoms with van der Waals surface area (Å²) in [6, 6.07) is 5.19. The van der Waals surface area contributed by atoms with Gasteiger partial charge in [0, 0.05) is 29.9 Å². The van der Waals surface area contributed by atoms with Gasteiger partial charge in [0.1, 0.15) is 12.2 Å². The van der Waals surface area contributed by atoms with Gasteiger partial charge in [0.2, 0.25) is 0 Å². The molecule has 154 valence electrons. The molecule has 2 amide bonds. The second-order valence-electron chi connectivity index (χ2n) is 7.75. The monoisotopic (exact) mass is 398 g/mol. The molecule has 0 atom stereocenters. The zero-order valence-electron chi connectivity index (χ0n) is 16.9. The van der Waals surface area contributed by atoms with Crippen LogP contribution < -0.4 is 5.32 Å². The molecule has 1 fully saturated rings. The average Bonchev–Trinajstić information content (AvgIpc) is 3.03. The standard InChI is InChI=1S/C22H26N2O5/c1-13-6-8-24(9-7-13)22(28)16-4-5-17(14(2)10-16)23-21(27)20-15(3)12-29-18(20)11-19(25)26/h4-5,10,12-13H,6-9,11H2,1-3H3,(H,23,27)(H,25,26). The fourth-order valence-corrected chi connectivity index (χ4v) is 3.59. The lowest BCUT2D eigenvalue weighted by Gasteiger charge is -2.30. The van der Waals surface area contributed by atoms with Gasteiger partial charge >= 0.3 is 5.97 Å². The smallest absolute Gasteiger partial charge is 0.311 e. The highest BCUT2D eigenvalue weighted by molar-refractivity contribution is 6.07. The minimum Gasteiger partial charge on any atom is -0.481 e. The number of rotatable bonds is 5. The highest BCUT2D eigenvalue weighted by Crippen LogP contribution is 2.24. The van der Waals surface area contributed by atoms with Gasteiger partial charge in [-0.15, -0.1) is 0 Å². The Bertz CT molecular complexity index is 939. The number of carboxylic acids is 1. The molecule has 0 aliphatic carbocycles. The number of carbonyl (C=O) groups excluding carboxylic acids is 2. The highest BCUT2D eigenvalue weighted by atomic mass is 16.4. The third-order valence-electron chi connectivity index (χ3n) is 5.38. The number of furan rings is 1. The number of hydrogen-bond acceptors (Lipinski definition) is 4. The van der Waals surface area contributed by atoms with Crippen molar-refractivity contribution in [2.24, 2.45) is 5.92 Å². The molecule has 1 saturated heterocycles. The molecule has 1 aromatic carbocycles. The van der Waals surface area contributed by atoms with E-state index in [0.29, 0.717) is 22.7 Å². The van der Waals surface area contributed by atoms with Crippen LogP contribution in [0.4, 0.5) is 5.69 Å². The van der Waals surface area contributed by atoms with Crippen LogP contribution in [0.2, 0.25) is 0 Å². The number of anilines is 1. The van der Waals surface area contributed by atoms with E-state index >= 15 is 0 Å². The van der Waals surface area contributed by atoms with Gasteiger partial charge in [0.25, 0.3) is 11.8 Å². The number of nitrogens with one attached hydrogen (secondary N) is 1. The summed E-state index contributed by atoms with van der Waals surface area (Å²) in [5.74, 6) is -0.724. The first-order valence-electron chi connectivity index (χ1n) is 9.76. The minimum absolute atomic E-state index is 0.00676. The first-order chi connectivity index (χ1) is 13.8. The van der Waals surface area contributed by atoms with Crippen molar-refractivity contribution in [3.63, 3.8) is 0 Å². The average molecular weight is 398 g/mol. The third-order valence-corrected chi connectivity index (χ3v) is 5.38. The van der Waals surface area contributed by atoms with Crippen LogP contribution >= 0.6 is 0 Å². The molecule has 2 N–H and O–H groups in total. The molecule has 0 bridgehead atoms. The van der Waals surface area contributed by atoms with Gasteiger partial charge in [0.05, 0.1) is 11.8 Å². The van der Waals surface area contributed by atoms with Crippen molar-refractivity contribution in [2.45, 2.75) is 40.0 Å². The summed E-state index contributed by atoms with van der Waals surface area (Å²) >= 11 is 0. The van der Waals surface area contributed by atoms with Crippen LogP contribution in [-0.2, 0) is 11.2 Å². The van der Waals surface area contributed by atoms with Gasteiger partial charge in [0.15, 0.2) is 0 Å². The normalized spacial score (nSPS) is 14.7. The van der Waals surface area contributed by atoms with Crippen molar-refractivity contribution < 1.29 is 23.9 Å². The maximum absolute atomic E-state index is 12.7. The number of likely N-dealkylation sites (tertiary alicyclic amines) is 1. The Morgan fingerprint density at radius 3 is 2.48 bits per heavy atom. The fraction of sp³-hybridized carbons (Fsp3) is 0.409. The van der Waals surface area contributed by atoms with Gasteiger partial charge in [-0.2, -0.15) is 0 Å². The van der Waals surface area contributed by atoms with Crippen molar-refractivity contribution in [3.05, 3.63) is 52.5 Å². The number of aliphatic carboxylic acids is 1. The van der Waals surface area contributed by atoms with Crippen LogP contribution in [0.1, 0.15) is 57.4 Å². The molecule has 7 heteroatoms. The summed E-state index contributed by atoms with van der Waals surface area (Å²) in [5, 5.41) is 11.8. The number of carbonyl (C=O) groups is 3. The predicted molar refractivity (Wildman–Crippen MR) is 108 cm³/mol. The second-order valence-corrected chi connectivity index (χ2v) is 7.75. The molecule has 0 radical (unpaired) electrons. The Morgan fingerprint density at radius 1 is 1.17 bits per heavy atom. The van der Waals surface area contributed by atoms with Crippen molar-refractivity contribution in [3.8, 4) is 0 Å². The molecule has 2 heterocycles. The predicted octanol–water partition coefficient (Wildman–Crippen LogP) is 3.65. The highest BCUT2D eigenvalue weighted by Gasteiger charge is 2.23. The lowest BCUT2D eigenvalue weighted by molar-refractivity contribution is -0.136. The Labute approximate surface area is 169 Å². The zero-order valence-corrected chi connectivity index (χ0v) is 16.9. The van der Waals surface area contributed by atoms with E-state index in [1.165, 1.54) is 6.26 Å². The number of benzene rings is 1. The lowest BCUT2D eigenvalue weighted by atomic mass is 9.98. The molecular formula is C22H26N2O5. The number of aryl methyl sites for hydroxylation is 2. The van der Waals surface area contributed by atoms with Gasteiger partial charge in [-0.05, 0) is 56.4 Å². The van der Waals surface area contributed by atoms with E-state index in [4.69, 9.17) is 9.52 Å². The third kappa shape index (κ3) is 4.67. The largest absolute Gasteiger partial charge is 0.481 e. The fourth-order valence-electron chi connectivity index (χ4n) is 3.59. The molecule has 2 aromatic rings. The minimum atomic E-state index is -1.07. The van der Waals surface area contributed by atoms with Crippen molar-refractivity contribution in [1.82, 2.24) is 4.90 Å². The van der Waals surface area contributed by atoms with Crippen LogP contribution in [0.15, 0.2) is 28.9 Å². The number of hydrogen-bond donors (Lipinski definition) is 2. The Hall–Kier alpha value is -3.09. The molecular weight excluding hydrogens is 372 g/mol. The summed E-state index contributed by atoms with van der Waals surface area (Å²) in [4.78, 5) is 38.3. The number of piperidine rings is 1. The van der Waals surface area contributed by atoms with E-state index in [1.807, 2.05) is 11.8 Å². The second kappa shape index (κ2) is 8.51. The molecule has 1 aliphatic rings. The maximum Gasteiger partial charge on any atom is 0.311 e. The van der Waals surface area contributed by atoms with E-state index in [9.17, 15) is 14.4 Å². The van der Waals surface area contributed by atoms with Crippen molar-refractivity contribution in [1.29, 1.82) is 0 Å². The number of nitrogens with zero attached hydrogens (tertiary/aromatic N) is 1. The van der Waals surface area contributed by atoms with Crippen molar-refractivity contribution in [2.75, 3.05) is 18.4 Å². The summed E-state index contributed by atoms with van der Waals surface area (Å²) < 4.78 is 5.23. The maximum atomic E-state index is 12.7. The molecule has 7 nitrogen and oxygen atoms in total.